The van der Waals surface area contributed by atoms with Crippen LogP contribution in [0.4, 0.5) is 11.4 Å². The van der Waals surface area contributed by atoms with Gasteiger partial charge in [-0.2, -0.15) is 0 Å². The second kappa shape index (κ2) is 18.2. The van der Waals surface area contributed by atoms with Crippen molar-refractivity contribution in [3.05, 3.63) is 43.4 Å². The fourth-order valence-corrected chi connectivity index (χ4v) is 5.21. The molecule has 0 fully saturated rings. The lowest BCUT2D eigenvalue weighted by molar-refractivity contribution is 0.300. The quantitative estimate of drug-likeness (QED) is 0.126. The van der Waals surface area contributed by atoms with Crippen molar-refractivity contribution in [3.63, 3.8) is 0 Å². The molecule has 0 saturated heterocycles. The molecule has 0 saturated carbocycles. The summed E-state index contributed by atoms with van der Waals surface area (Å²) in [4.78, 5) is 0. The standard InChI is InChI=1S/C30H42Cl4N2O2/c1-5-7-9-11-13-15-17-37-23-19-24(31)28(25(32)20-23)35-36-29-26(33)21(3)30(22(4)27(29)34)38-18-16-14-12-10-8-6-2/h19-20H,5-18H2,1-4H3. The Morgan fingerprint density at radius 1 is 0.579 bits per heavy atom. The Morgan fingerprint density at radius 3 is 1.50 bits per heavy atom. The third-order valence-corrected chi connectivity index (χ3v) is 8.01. The maximum Gasteiger partial charge on any atom is 0.128 e. The Kier molecular flexibility index (Phi) is 15.8. The lowest BCUT2D eigenvalue weighted by Crippen LogP contribution is -2.02. The van der Waals surface area contributed by atoms with Crippen LogP contribution in [0.2, 0.25) is 20.1 Å². The number of hydrogen-bond acceptors (Lipinski definition) is 4. The number of hydrogen-bond donors (Lipinski definition) is 0. The first-order valence-corrected chi connectivity index (χ1v) is 15.5. The molecule has 2 rings (SSSR count). The van der Waals surface area contributed by atoms with E-state index in [4.69, 9.17) is 55.9 Å². The third kappa shape index (κ3) is 10.4. The minimum Gasteiger partial charge on any atom is -0.493 e. The number of nitrogens with zero attached hydrogens (tertiary/aromatic N) is 2. The topological polar surface area (TPSA) is 43.2 Å². The van der Waals surface area contributed by atoms with Crippen LogP contribution < -0.4 is 9.47 Å². The summed E-state index contributed by atoms with van der Waals surface area (Å²) in [6, 6.07) is 3.41. The summed E-state index contributed by atoms with van der Waals surface area (Å²) >= 11 is 26.2. The van der Waals surface area contributed by atoms with E-state index < -0.39 is 0 Å². The summed E-state index contributed by atoms with van der Waals surface area (Å²) in [6.45, 7) is 9.48. The number of halogens is 4. The van der Waals surface area contributed by atoms with E-state index in [2.05, 4.69) is 24.1 Å². The van der Waals surface area contributed by atoms with E-state index in [0.717, 1.165) is 36.8 Å². The number of benzene rings is 2. The van der Waals surface area contributed by atoms with Gasteiger partial charge in [-0.15, -0.1) is 10.2 Å². The summed E-state index contributed by atoms with van der Waals surface area (Å²) in [5.74, 6) is 1.32. The lowest BCUT2D eigenvalue weighted by atomic mass is 10.1. The van der Waals surface area contributed by atoms with E-state index in [1.54, 1.807) is 12.1 Å². The molecule has 0 radical (unpaired) electrons. The van der Waals surface area contributed by atoms with Crippen LogP contribution in [0, 0.1) is 13.8 Å². The Hall–Kier alpha value is -1.20. The van der Waals surface area contributed by atoms with Crippen LogP contribution in [0.5, 0.6) is 11.5 Å². The summed E-state index contributed by atoms with van der Waals surface area (Å²) in [7, 11) is 0. The zero-order chi connectivity index (χ0) is 27.9. The highest BCUT2D eigenvalue weighted by molar-refractivity contribution is 6.40. The first-order valence-electron chi connectivity index (χ1n) is 14.0. The van der Waals surface area contributed by atoms with Crippen molar-refractivity contribution >= 4 is 57.8 Å². The summed E-state index contributed by atoms with van der Waals surface area (Å²) in [5.41, 5.74) is 2.27. The van der Waals surface area contributed by atoms with Crippen LogP contribution in [0.15, 0.2) is 22.4 Å². The molecule has 0 aromatic heterocycles. The second-order valence-corrected chi connectivity index (χ2v) is 11.3. The van der Waals surface area contributed by atoms with Gasteiger partial charge in [-0.25, -0.2) is 0 Å². The predicted octanol–water partition coefficient (Wildman–Crippen LogP) is 12.8. The van der Waals surface area contributed by atoms with Crippen LogP contribution >= 0.6 is 46.4 Å². The van der Waals surface area contributed by atoms with Crippen LogP contribution in [0.1, 0.15) is 102 Å². The van der Waals surface area contributed by atoms with Crippen molar-refractivity contribution in [1.82, 2.24) is 0 Å². The minimum atomic E-state index is 0.339. The summed E-state index contributed by atoms with van der Waals surface area (Å²) in [5, 5.41) is 10.1. The van der Waals surface area contributed by atoms with Crippen molar-refractivity contribution in [2.24, 2.45) is 10.2 Å². The second-order valence-electron chi connectivity index (χ2n) is 9.72. The van der Waals surface area contributed by atoms with Gasteiger partial charge in [0.2, 0.25) is 0 Å². The number of ether oxygens (including phenoxy) is 2. The maximum atomic E-state index is 6.65. The molecule has 0 amide bonds. The van der Waals surface area contributed by atoms with Gasteiger partial charge >= 0.3 is 0 Å². The normalized spacial score (nSPS) is 11.5. The predicted molar refractivity (Wildman–Crippen MR) is 164 cm³/mol. The van der Waals surface area contributed by atoms with Gasteiger partial charge in [-0.05, 0) is 26.7 Å². The zero-order valence-corrected chi connectivity index (χ0v) is 26.3. The molecule has 4 nitrogen and oxygen atoms in total. The molecule has 0 atom stereocenters. The number of unbranched alkanes of at least 4 members (excludes halogenated alkanes) is 10. The van der Waals surface area contributed by atoms with E-state index in [1.165, 1.54) is 51.4 Å². The van der Waals surface area contributed by atoms with Crippen molar-refractivity contribution < 1.29 is 9.47 Å². The molecule has 212 valence electrons. The Morgan fingerprint density at radius 2 is 1.00 bits per heavy atom. The fourth-order valence-electron chi connectivity index (χ4n) is 4.19. The van der Waals surface area contributed by atoms with Gasteiger partial charge in [0.1, 0.15) is 22.9 Å². The molecular formula is C30H42Cl4N2O2. The first kappa shape index (κ1) is 33.0. The van der Waals surface area contributed by atoms with Crippen molar-refractivity contribution in [2.75, 3.05) is 13.2 Å². The van der Waals surface area contributed by atoms with E-state index >= 15 is 0 Å². The molecule has 8 heteroatoms. The van der Waals surface area contributed by atoms with Gasteiger partial charge < -0.3 is 9.47 Å². The molecule has 0 bridgehead atoms. The smallest absolute Gasteiger partial charge is 0.128 e. The Labute approximate surface area is 249 Å². The minimum absolute atomic E-state index is 0.339. The SMILES string of the molecule is CCCCCCCCOc1cc(Cl)c(N=Nc2c(Cl)c(C)c(OCCCCCCCC)c(C)c2Cl)c(Cl)c1. The van der Waals surface area contributed by atoms with E-state index in [0.29, 0.717) is 56.2 Å². The summed E-state index contributed by atoms with van der Waals surface area (Å²) < 4.78 is 11.9. The Balaban J connectivity index is 2.04. The fraction of sp³-hybridized carbons (Fsp3) is 0.600. The van der Waals surface area contributed by atoms with Crippen molar-refractivity contribution in [2.45, 2.75) is 105 Å². The van der Waals surface area contributed by atoms with Crippen molar-refractivity contribution in [3.8, 4) is 11.5 Å². The molecule has 0 spiro atoms. The van der Waals surface area contributed by atoms with Crippen LogP contribution in [-0.4, -0.2) is 13.2 Å². The average molecular weight is 604 g/mol. The maximum absolute atomic E-state index is 6.65. The van der Waals surface area contributed by atoms with Crippen molar-refractivity contribution in [1.29, 1.82) is 0 Å². The molecule has 0 heterocycles. The molecule has 2 aromatic carbocycles. The van der Waals surface area contributed by atoms with Gasteiger partial charge in [0.15, 0.2) is 0 Å². The highest BCUT2D eigenvalue weighted by atomic mass is 35.5. The van der Waals surface area contributed by atoms with Gasteiger partial charge in [0.05, 0.1) is 33.3 Å². The lowest BCUT2D eigenvalue weighted by Gasteiger charge is -2.16. The molecule has 38 heavy (non-hydrogen) atoms. The van der Waals surface area contributed by atoms with Crippen LogP contribution in [0.25, 0.3) is 0 Å². The van der Waals surface area contributed by atoms with E-state index in [9.17, 15) is 0 Å². The molecule has 0 N–H and O–H groups in total. The molecular weight excluding hydrogens is 562 g/mol. The van der Waals surface area contributed by atoms with E-state index in [1.807, 2.05) is 13.8 Å². The van der Waals surface area contributed by atoms with Crippen LogP contribution in [-0.2, 0) is 0 Å². The zero-order valence-electron chi connectivity index (χ0n) is 23.3. The first-order chi connectivity index (χ1) is 18.3. The van der Waals surface area contributed by atoms with Gasteiger partial charge in [-0.3, -0.25) is 0 Å². The van der Waals surface area contributed by atoms with Crippen LogP contribution in [0.3, 0.4) is 0 Å². The third-order valence-electron chi connectivity index (χ3n) is 6.51. The highest BCUT2D eigenvalue weighted by Crippen LogP contribution is 2.46. The monoisotopic (exact) mass is 602 g/mol. The largest absolute Gasteiger partial charge is 0.493 e. The van der Waals surface area contributed by atoms with Gasteiger partial charge in [0.25, 0.3) is 0 Å². The molecule has 0 unspecified atom stereocenters. The molecule has 0 aliphatic rings. The Bertz CT molecular complexity index is 991. The molecule has 0 aliphatic carbocycles. The van der Waals surface area contributed by atoms with Gasteiger partial charge in [-0.1, -0.05) is 124 Å². The summed E-state index contributed by atoms with van der Waals surface area (Å²) in [6.07, 6.45) is 14.4. The molecule has 2 aromatic rings. The molecule has 0 aliphatic heterocycles. The average Bonchev–Trinajstić information content (AvgIpc) is 2.89. The van der Waals surface area contributed by atoms with E-state index in [-0.39, 0.29) is 0 Å². The highest BCUT2D eigenvalue weighted by Gasteiger charge is 2.19. The number of rotatable bonds is 18. The number of azo groups is 1. The van der Waals surface area contributed by atoms with Gasteiger partial charge in [0, 0.05) is 23.3 Å².